The first-order valence-corrected chi connectivity index (χ1v) is 4.48. The van der Waals surface area contributed by atoms with Crippen molar-refractivity contribution in [3.63, 3.8) is 0 Å². The second-order valence-electron chi connectivity index (χ2n) is 3.02. The molecule has 0 aliphatic heterocycles. The lowest BCUT2D eigenvalue weighted by molar-refractivity contribution is 0.146. The summed E-state index contributed by atoms with van der Waals surface area (Å²) < 4.78 is 5.11. The molecule has 68 valence electrons. The van der Waals surface area contributed by atoms with Crippen molar-refractivity contribution in [2.24, 2.45) is 5.92 Å². The highest BCUT2D eigenvalue weighted by Gasteiger charge is 2.05. The van der Waals surface area contributed by atoms with E-state index in [1.54, 1.807) is 7.11 Å². The molecule has 0 radical (unpaired) electrons. The molecule has 1 unspecified atom stereocenters. The molecule has 1 N–H and O–H groups in total. The average Bonchev–Trinajstić information content (AvgIpc) is 2.01. The number of methoxy groups -OCH3 is 1. The second-order valence-corrected chi connectivity index (χ2v) is 3.02. The van der Waals surface area contributed by atoms with E-state index in [0.29, 0.717) is 5.92 Å². The fourth-order valence-electron chi connectivity index (χ4n) is 1.26. The van der Waals surface area contributed by atoms with Crippen molar-refractivity contribution in [3.8, 4) is 0 Å². The zero-order valence-corrected chi connectivity index (χ0v) is 8.02. The van der Waals surface area contributed by atoms with E-state index < -0.39 is 0 Å². The van der Waals surface area contributed by atoms with Crippen LogP contribution in [0.4, 0.5) is 0 Å². The van der Waals surface area contributed by atoms with Crippen molar-refractivity contribution in [1.82, 2.24) is 5.32 Å². The average molecular weight is 159 g/mol. The maximum atomic E-state index is 5.11. The topological polar surface area (TPSA) is 21.3 Å². The predicted octanol–water partition coefficient (Wildman–Crippen LogP) is 1.66. The lowest BCUT2D eigenvalue weighted by Crippen LogP contribution is -2.22. The molecule has 11 heavy (non-hydrogen) atoms. The molecule has 0 heterocycles. The van der Waals surface area contributed by atoms with Crippen molar-refractivity contribution in [2.75, 3.05) is 27.3 Å². The van der Waals surface area contributed by atoms with Crippen molar-refractivity contribution >= 4 is 0 Å². The van der Waals surface area contributed by atoms with E-state index >= 15 is 0 Å². The van der Waals surface area contributed by atoms with Gasteiger partial charge in [-0.15, -0.1) is 0 Å². The second kappa shape index (κ2) is 8.02. The summed E-state index contributed by atoms with van der Waals surface area (Å²) >= 11 is 0. The third-order valence-electron chi connectivity index (χ3n) is 1.86. The highest BCUT2D eigenvalue weighted by atomic mass is 16.5. The molecule has 1 atom stereocenters. The maximum Gasteiger partial charge on any atom is 0.0502 e. The van der Waals surface area contributed by atoms with E-state index in [1.807, 2.05) is 7.05 Å². The Morgan fingerprint density at radius 3 is 2.64 bits per heavy atom. The molecule has 0 rings (SSSR count). The first-order chi connectivity index (χ1) is 5.35. The third kappa shape index (κ3) is 6.32. The number of nitrogens with one attached hydrogen (secondary N) is 1. The first kappa shape index (κ1) is 10.9. The summed E-state index contributed by atoms with van der Waals surface area (Å²) in [5.41, 5.74) is 0. The molecule has 0 aromatic carbocycles. The standard InChI is InChI=1S/C9H21NO/c1-4-5-6-9(7-10-2)8-11-3/h9-10H,4-8H2,1-3H3. The zero-order valence-electron chi connectivity index (χ0n) is 8.02. The number of unbranched alkanes of at least 4 members (excludes halogenated alkanes) is 1. The van der Waals surface area contributed by atoms with Crippen LogP contribution in [0.5, 0.6) is 0 Å². The largest absolute Gasteiger partial charge is 0.384 e. The Morgan fingerprint density at radius 1 is 1.45 bits per heavy atom. The molecule has 0 fully saturated rings. The Morgan fingerprint density at radius 2 is 2.18 bits per heavy atom. The van der Waals surface area contributed by atoms with Crippen LogP contribution in [0.15, 0.2) is 0 Å². The minimum absolute atomic E-state index is 0.699. The van der Waals surface area contributed by atoms with Crippen molar-refractivity contribution < 1.29 is 4.74 Å². The summed E-state index contributed by atoms with van der Waals surface area (Å²) in [6, 6.07) is 0. The minimum Gasteiger partial charge on any atom is -0.384 e. The van der Waals surface area contributed by atoms with Crippen molar-refractivity contribution in [3.05, 3.63) is 0 Å². The van der Waals surface area contributed by atoms with E-state index in [0.717, 1.165) is 13.2 Å². The number of rotatable bonds is 7. The van der Waals surface area contributed by atoms with Crippen molar-refractivity contribution in [2.45, 2.75) is 26.2 Å². The van der Waals surface area contributed by atoms with Crippen LogP contribution < -0.4 is 5.32 Å². The fraction of sp³-hybridized carbons (Fsp3) is 1.00. The van der Waals surface area contributed by atoms with Gasteiger partial charge in [-0.05, 0) is 25.9 Å². The Labute approximate surface area is 70.3 Å². The molecule has 0 spiro atoms. The van der Waals surface area contributed by atoms with Gasteiger partial charge >= 0.3 is 0 Å². The quantitative estimate of drug-likeness (QED) is 0.610. The summed E-state index contributed by atoms with van der Waals surface area (Å²) in [5.74, 6) is 0.699. The summed E-state index contributed by atoms with van der Waals surface area (Å²) in [6.45, 7) is 4.19. The summed E-state index contributed by atoms with van der Waals surface area (Å²) in [4.78, 5) is 0. The SMILES string of the molecule is CCCCC(CNC)COC. The fourth-order valence-corrected chi connectivity index (χ4v) is 1.26. The van der Waals surface area contributed by atoms with Gasteiger partial charge in [0.25, 0.3) is 0 Å². The number of ether oxygens (including phenoxy) is 1. The van der Waals surface area contributed by atoms with E-state index in [9.17, 15) is 0 Å². The first-order valence-electron chi connectivity index (χ1n) is 4.48. The Bertz CT molecular complexity index is 70.0. The van der Waals surface area contributed by atoms with Crippen LogP contribution in [-0.2, 0) is 4.74 Å². The zero-order chi connectivity index (χ0) is 8.53. The normalized spacial score (nSPS) is 13.4. The third-order valence-corrected chi connectivity index (χ3v) is 1.86. The smallest absolute Gasteiger partial charge is 0.0502 e. The van der Waals surface area contributed by atoms with Crippen LogP contribution in [0, 0.1) is 5.92 Å². The number of hydrogen-bond donors (Lipinski definition) is 1. The lowest BCUT2D eigenvalue weighted by Gasteiger charge is -2.14. The molecule has 0 aliphatic carbocycles. The van der Waals surface area contributed by atoms with Gasteiger partial charge in [-0.2, -0.15) is 0 Å². The van der Waals surface area contributed by atoms with Gasteiger partial charge < -0.3 is 10.1 Å². The Kier molecular flexibility index (Phi) is 7.96. The molecule has 0 saturated carbocycles. The molecule has 0 saturated heterocycles. The monoisotopic (exact) mass is 159 g/mol. The van der Waals surface area contributed by atoms with Crippen LogP contribution >= 0.6 is 0 Å². The summed E-state index contributed by atoms with van der Waals surface area (Å²) in [6.07, 6.45) is 3.88. The highest BCUT2D eigenvalue weighted by Crippen LogP contribution is 2.07. The van der Waals surface area contributed by atoms with Gasteiger partial charge in [0.15, 0.2) is 0 Å². The van der Waals surface area contributed by atoms with Gasteiger partial charge in [0, 0.05) is 7.11 Å². The molecule has 2 nitrogen and oxygen atoms in total. The molecular formula is C9H21NO. The molecule has 0 aromatic rings. The summed E-state index contributed by atoms with van der Waals surface area (Å²) in [7, 11) is 3.77. The maximum absolute atomic E-state index is 5.11. The summed E-state index contributed by atoms with van der Waals surface area (Å²) in [5, 5.41) is 3.18. The number of hydrogen-bond acceptors (Lipinski definition) is 2. The van der Waals surface area contributed by atoms with E-state index in [2.05, 4.69) is 12.2 Å². The van der Waals surface area contributed by atoms with Gasteiger partial charge in [0.2, 0.25) is 0 Å². The van der Waals surface area contributed by atoms with E-state index in [4.69, 9.17) is 4.74 Å². The molecule has 0 amide bonds. The molecular weight excluding hydrogens is 138 g/mol. The van der Waals surface area contributed by atoms with Crippen molar-refractivity contribution in [1.29, 1.82) is 0 Å². The highest BCUT2D eigenvalue weighted by molar-refractivity contribution is 4.59. The van der Waals surface area contributed by atoms with Gasteiger partial charge in [0.1, 0.15) is 0 Å². The molecule has 2 heteroatoms. The molecule has 0 bridgehead atoms. The Hall–Kier alpha value is -0.0800. The Balaban J connectivity index is 3.34. The van der Waals surface area contributed by atoms with Crippen LogP contribution in [-0.4, -0.2) is 27.3 Å². The van der Waals surface area contributed by atoms with Crippen LogP contribution in [0.25, 0.3) is 0 Å². The van der Waals surface area contributed by atoms with Gasteiger partial charge in [-0.3, -0.25) is 0 Å². The van der Waals surface area contributed by atoms with E-state index in [-0.39, 0.29) is 0 Å². The van der Waals surface area contributed by atoms with Crippen LogP contribution in [0.1, 0.15) is 26.2 Å². The van der Waals surface area contributed by atoms with Gasteiger partial charge in [-0.25, -0.2) is 0 Å². The molecule has 0 aliphatic rings. The van der Waals surface area contributed by atoms with Crippen LogP contribution in [0.3, 0.4) is 0 Å². The van der Waals surface area contributed by atoms with Crippen LogP contribution in [0.2, 0.25) is 0 Å². The lowest BCUT2D eigenvalue weighted by atomic mass is 10.0. The minimum atomic E-state index is 0.699. The predicted molar refractivity (Wildman–Crippen MR) is 48.8 cm³/mol. The van der Waals surface area contributed by atoms with E-state index in [1.165, 1.54) is 19.3 Å². The van der Waals surface area contributed by atoms with Gasteiger partial charge in [0.05, 0.1) is 6.61 Å². The van der Waals surface area contributed by atoms with Gasteiger partial charge in [-0.1, -0.05) is 19.8 Å². The molecule has 0 aromatic heterocycles.